The van der Waals surface area contributed by atoms with E-state index in [0.29, 0.717) is 12.8 Å². The topological polar surface area (TPSA) is 63.2 Å². The number of carbonyl (C=O) groups is 1. The molecule has 0 aliphatic heterocycles. The number of sulfonamides is 1. The molecule has 0 unspecified atom stereocenters. The Bertz CT molecular complexity index is 316. The van der Waals surface area contributed by atoms with Gasteiger partial charge < -0.3 is 0 Å². The van der Waals surface area contributed by atoms with Crippen LogP contribution in [0.25, 0.3) is 0 Å². The first-order valence-electron chi connectivity index (χ1n) is 3.36. The first-order chi connectivity index (χ1) is 5.73. The van der Waals surface area contributed by atoms with E-state index >= 15 is 0 Å². The van der Waals surface area contributed by atoms with Gasteiger partial charge in [-0.15, -0.1) is 0 Å². The van der Waals surface area contributed by atoms with Crippen molar-refractivity contribution in [3.8, 4) is 0 Å². The second-order valence-electron chi connectivity index (χ2n) is 2.67. The van der Waals surface area contributed by atoms with Crippen LogP contribution in [0.15, 0.2) is 0 Å². The Hall–Kier alpha value is -0.790. The first-order valence-corrected chi connectivity index (χ1v) is 4.91. The predicted molar refractivity (Wildman–Crippen MR) is 36.1 cm³/mol. The van der Waals surface area contributed by atoms with Crippen LogP contribution < -0.4 is 4.72 Å². The molecule has 0 aromatic heterocycles. The summed E-state index contributed by atoms with van der Waals surface area (Å²) in [6.45, 7) is 0. The van der Waals surface area contributed by atoms with E-state index < -0.39 is 27.4 Å². The summed E-state index contributed by atoms with van der Waals surface area (Å²) in [5.74, 6) is -2.43. The van der Waals surface area contributed by atoms with E-state index in [0.717, 1.165) is 4.72 Å². The summed E-state index contributed by atoms with van der Waals surface area (Å²) in [6.07, 6.45) is -4.54. The van der Waals surface area contributed by atoms with E-state index in [1.54, 1.807) is 0 Å². The minimum Gasteiger partial charge on any atom is -0.263 e. The molecule has 13 heavy (non-hydrogen) atoms. The number of nitrogens with one attached hydrogen (secondary N) is 1. The average Bonchev–Trinajstić information content (AvgIpc) is 2.62. The molecule has 1 rings (SSSR count). The molecule has 1 aliphatic carbocycles. The van der Waals surface area contributed by atoms with Gasteiger partial charge in [0.15, 0.2) is 0 Å². The van der Waals surface area contributed by atoms with Crippen molar-refractivity contribution in [2.75, 3.05) is 0 Å². The molecule has 0 aromatic carbocycles. The summed E-state index contributed by atoms with van der Waals surface area (Å²) in [4.78, 5) is 10.2. The van der Waals surface area contributed by atoms with E-state index in [4.69, 9.17) is 0 Å². The molecule has 1 aliphatic rings. The van der Waals surface area contributed by atoms with Gasteiger partial charge in [-0.25, -0.2) is 13.1 Å². The van der Waals surface area contributed by atoms with Crippen molar-refractivity contribution in [1.29, 1.82) is 0 Å². The molecule has 1 saturated carbocycles. The van der Waals surface area contributed by atoms with Gasteiger partial charge in [0.2, 0.25) is 10.0 Å². The molecule has 0 heterocycles. The summed E-state index contributed by atoms with van der Waals surface area (Å²) in [6, 6.07) is 0. The molecule has 0 radical (unpaired) electrons. The van der Waals surface area contributed by atoms with Crippen molar-refractivity contribution in [3.05, 3.63) is 0 Å². The number of hydrogen-bond acceptors (Lipinski definition) is 3. The molecule has 0 spiro atoms. The van der Waals surface area contributed by atoms with Gasteiger partial charge in [0.05, 0.1) is 5.25 Å². The van der Waals surface area contributed by atoms with Crippen LogP contribution in [0.5, 0.6) is 0 Å². The Balaban J connectivity index is 2.64. The fraction of sp³-hybridized carbons (Fsp3) is 0.800. The monoisotopic (exact) mass is 217 g/mol. The lowest BCUT2D eigenvalue weighted by Gasteiger charge is -2.07. The highest BCUT2D eigenvalue weighted by atomic mass is 32.2. The minimum atomic E-state index is -5.15. The average molecular weight is 217 g/mol. The third-order valence-corrected chi connectivity index (χ3v) is 3.27. The van der Waals surface area contributed by atoms with Crippen LogP contribution in [0.1, 0.15) is 12.8 Å². The van der Waals surface area contributed by atoms with Crippen molar-refractivity contribution < 1.29 is 26.4 Å². The minimum absolute atomic E-state index is 0.306. The molecule has 1 N–H and O–H groups in total. The van der Waals surface area contributed by atoms with Gasteiger partial charge in [-0.3, -0.25) is 4.79 Å². The number of carbonyl (C=O) groups excluding carboxylic acids is 1. The maximum Gasteiger partial charge on any atom is 0.472 e. The fourth-order valence-corrected chi connectivity index (χ4v) is 1.95. The Labute approximate surface area is 72.2 Å². The van der Waals surface area contributed by atoms with Gasteiger partial charge in [-0.05, 0) is 12.8 Å². The molecule has 0 aromatic rings. The van der Waals surface area contributed by atoms with E-state index in [1.165, 1.54) is 0 Å². The molecule has 1 amide bonds. The summed E-state index contributed by atoms with van der Waals surface area (Å²) in [5.41, 5.74) is 0. The molecule has 0 atom stereocenters. The molecule has 0 saturated heterocycles. The number of amides is 1. The van der Waals surface area contributed by atoms with Crippen LogP contribution in [-0.4, -0.2) is 25.8 Å². The first kappa shape index (κ1) is 10.3. The number of rotatable bonds is 2. The fourth-order valence-electron chi connectivity index (χ4n) is 0.649. The Morgan fingerprint density at radius 1 is 1.31 bits per heavy atom. The normalized spacial score (nSPS) is 18.4. The van der Waals surface area contributed by atoms with E-state index in [2.05, 4.69) is 0 Å². The van der Waals surface area contributed by atoms with Crippen LogP contribution in [0, 0.1) is 0 Å². The van der Waals surface area contributed by atoms with Gasteiger partial charge in [-0.2, -0.15) is 13.2 Å². The number of halogens is 3. The maximum atomic E-state index is 11.6. The number of alkyl halides is 3. The van der Waals surface area contributed by atoms with Gasteiger partial charge in [0.1, 0.15) is 0 Å². The summed E-state index contributed by atoms with van der Waals surface area (Å²) >= 11 is 0. The Morgan fingerprint density at radius 2 is 1.77 bits per heavy atom. The Morgan fingerprint density at radius 3 is 2.08 bits per heavy atom. The quantitative estimate of drug-likeness (QED) is 0.716. The smallest absolute Gasteiger partial charge is 0.263 e. The van der Waals surface area contributed by atoms with Crippen LogP contribution in [0.2, 0.25) is 0 Å². The standard InChI is InChI=1S/C5H6F3NO3S/c6-5(7,8)4(10)9-13(11,12)3-1-2-3/h3H,1-2H2,(H,9,10). The second kappa shape index (κ2) is 2.86. The van der Waals surface area contributed by atoms with Gasteiger partial charge >= 0.3 is 12.1 Å². The molecule has 76 valence electrons. The van der Waals surface area contributed by atoms with Crippen molar-refractivity contribution >= 4 is 15.9 Å². The summed E-state index contributed by atoms with van der Waals surface area (Å²) in [5, 5.41) is -0.834. The van der Waals surface area contributed by atoms with Crippen LogP contribution in [0.3, 0.4) is 0 Å². The Kier molecular flexibility index (Phi) is 2.27. The molecular weight excluding hydrogens is 211 g/mol. The van der Waals surface area contributed by atoms with Crippen LogP contribution >= 0.6 is 0 Å². The lowest BCUT2D eigenvalue weighted by atomic mass is 10.6. The third kappa shape index (κ3) is 2.58. The second-order valence-corrected chi connectivity index (χ2v) is 4.63. The van der Waals surface area contributed by atoms with Crippen molar-refractivity contribution in [3.63, 3.8) is 0 Å². The van der Waals surface area contributed by atoms with E-state index in [1.807, 2.05) is 0 Å². The zero-order chi connectivity index (χ0) is 10.3. The van der Waals surface area contributed by atoms with Gasteiger partial charge in [-0.1, -0.05) is 0 Å². The summed E-state index contributed by atoms with van der Waals surface area (Å²) in [7, 11) is -4.09. The summed E-state index contributed by atoms with van der Waals surface area (Å²) < 4.78 is 57.4. The molecule has 4 nitrogen and oxygen atoms in total. The third-order valence-electron chi connectivity index (χ3n) is 1.46. The maximum absolute atomic E-state index is 11.6. The molecule has 8 heteroatoms. The molecular formula is C5H6F3NO3S. The highest BCUT2D eigenvalue weighted by molar-refractivity contribution is 7.90. The lowest BCUT2D eigenvalue weighted by molar-refractivity contribution is -0.171. The SMILES string of the molecule is O=C(NS(=O)(=O)C1CC1)C(F)(F)F. The number of hydrogen-bond donors (Lipinski definition) is 1. The van der Waals surface area contributed by atoms with Crippen LogP contribution in [-0.2, 0) is 14.8 Å². The van der Waals surface area contributed by atoms with Crippen molar-refractivity contribution in [2.24, 2.45) is 0 Å². The van der Waals surface area contributed by atoms with Crippen molar-refractivity contribution in [2.45, 2.75) is 24.3 Å². The zero-order valence-corrected chi connectivity index (χ0v) is 7.07. The van der Waals surface area contributed by atoms with Crippen LogP contribution in [0.4, 0.5) is 13.2 Å². The van der Waals surface area contributed by atoms with E-state index in [-0.39, 0.29) is 0 Å². The lowest BCUT2D eigenvalue weighted by Crippen LogP contribution is -2.41. The highest BCUT2D eigenvalue weighted by Gasteiger charge is 2.45. The largest absolute Gasteiger partial charge is 0.472 e. The van der Waals surface area contributed by atoms with Crippen molar-refractivity contribution in [1.82, 2.24) is 4.72 Å². The van der Waals surface area contributed by atoms with E-state index in [9.17, 15) is 26.4 Å². The molecule has 1 fully saturated rings. The highest BCUT2D eigenvalue weighted by Crippen LogP contribution is 2.28. The van der Waals surface area contributed by atoms with Gasteiger partial charge in [0.25, 0.3) is 0 Å². The molecule has 0 bridgehead atoms. The zero-order valence-electron chi connectivity index (χ0n) is 6.26. The predicted octanol–water partition coefficient (Wildman–Crippen LogP) is 0.157. The van der Waals surface area contributed by atoms with Gasteiger partial charge in [0, 0.05) is 0 Å².